The highest BCUT2D eigenvalue weighted by Crippen LogP contribution is 2.16. The predicted molar refractivity (Wildman–Crippen MR) is 74.0 cm³/mol. The fourth-order valence-electron chi connectivity index (χ4n) is 1.76. The van der Waals surface area contributed by atoms with E-state index in [4.69, 9.17) is 21.8 Å². The molecule has 0 aliphatic rings. The van der Waals surface area contributed by atoms with Crippen LogP contribution in [-0.2, 0) is 0 Å². The summed E-state index contributed by atoms with van der Waals surface area (Å²) in [6, 6.07) is 11.2. The van der Waals surface area contributed by atoms with E-state index >= 15 is 0 Å². The maximum Gasteiger partial charge on any atom is 0.256 e. The molecule has 0 saturated heterocycles. The Morgan fingerprint density at radius 2 is 2.05 bits per heavy atom. The first-order chi connectivity index (χ1) is 9.18. The molecule has 1 unspecified atom stereocenters. The summed E-state index contributed by atoms with van der Waals surface area (Å²) in [5.41, 5.74) is 7.43. The third-order valence-corrected chi connectivity index (χ3v) is 3.12. The lowest BCUT2D eigenvalue weighted by atomic mass is 10.1. The van der Waals surface area contributed by atoms with Crippen LogP contribution in [0.1, 0.15) is 28.4 Å². The summed E-state index contributed by atoms with van der Waals surface area (Å²) < 4.78 is 4.86. The molecule has 0 radical (unpaired) electrons. The molecule has 0 aliphatic carbocycles. The fourth-order valence-corrected chi connectivity index (χ4v) is 1.96. The maximum absolute atomic E-state index is 11.7. The molecule has 19 heavy (non-hydrogen) atoms. The highest BCUT2D eigenvalue weighted by atomic mass is 35.5. The van der Waals surface area contributed by atoms with Crippen molar-refractivity contribution in [2.24, 2.45) is 5.73 Å². The molecule has 2 aromatic rings. The van der Waals surface area contributed by atoms with Gasteiger partial charge in [0.15, 0.2) is 0 Å². The molecule has 0 aliphatic heterocycles. The number of hydrogen-bond acceptors (Lipinski definition) is 3. The molecule has 2 rings (SSSR count). The van der Waals surface area contributed by atoms with Gasteiger partial charge in [-0.2, -0.15) is 0 Å². The zero-order valence-electron chi connectivity index (χ0n) is 10.3. The molecule has 0 saturated carbocycles. The smallest absolute Gasteiger partial charge is 0.256 e. The highest BCUT2D eigenvalue weighted by Gasteiger charge is 2.13. The van der Waals surface area contributed by atoms with Crippen molar-refractivity contribution in [1.82, 2.24) is 5.32 Å². The molecule has 0 fully saturated rings. The minimum atomic E-state index is -0.251. The molecule has 100 valence electrons. The van der Waals surface area contributed by atoms with E-state index in [1.165, 1.54) is 12.3 Å². The number of carbonyl (C=O) groups is 1. The lowest BCUT2D eigenvalue weighted by Gasteiger charge is -2.12. The van der Waals surface area contributed by atoms with Crippen LogP contribution in [0.2, 0.25) is 5.22 Å². The number of carbonyl (C=O) groups excluding carboxylic acids is 1. The quantitative estimate of drug-likeness (QED) is 0.884. The van der Waals surface area contributed by atoms with Gasteiger partial charge in [-0.1, -0.05) is 30.3 Å². The lowest BCUT2D eigenvalue weighted by Crippen LogP contribution is -2.27. The summed E-state index contributed by atoms with van der Waals surface area (Å²) in [7, 11) is 0. The van der Waals surface area contributed by atoms with Crippen LogP contribution < -0.4 is 11.1 Å². The number of nitrogens with two attached hydrogens (primary N) is 1. The standard InChI is InChI=1S/C14H15ClN2O2/c15-13-11(7-9-19-13)14(18)17-8-6-12(16)10-4-2-1-3-5-10/h1-5,7,9,12H,6,8,16H2,(H,17,18). The Kier molecular flexibility index (Phi) is 4.60. The minimum Gasteiger partial charge on any atom is -0.452 e. The van der Waals surface area contributed by atoms with Gasteiger partial charge >= 0.3 is 0 Å². The maximum atomic E-state index is 11.7. The van der Waals surface area contributed by atoms with Crippen molar-refractivity contribution in [3.63, 3.8) is 0 Å². The number of hydrogen-bond donors (Lipinski definition) is 2. The summed E-state index contributed by atoms with van der Waals surface area (Å²) in [6.45, 7) is 0.483. The summed E-state index contributed by atoms with van der Waals surface area (Å²) in [6.07, 6.45) is 2.04. The van der Waals surface area contributed by atoms with Gasteiger partial charge < -0.3 is 15.5 Å². The van der Waals surface area contributed by atoms with E-state index in [0.29, 0.717) is 18.5 Å². The van der Waals surface area contributed by atoms with E-state index in [1.807, 2.05) is 30.3 Å². The Hall–Kier alpha value is -1.78. The molecule has 1 amide bonds. The van der Waals surface area contributed by atoms with Crippen LogP contribution in [-0.4, -0.2) is 12.5 Å². The lowest BCUT2D eigenvalue weighted by molar-refractivity contribution is 0.0952. The van der Waals surface area contributed by atoms with Gasteiger partial charge in [-0.15, -0.1) is 0 Å². The predicted octanol–water partition coefficient (Wildman–Crippen LogP) is 2.75. The fraction of sp³-hybridized carbons (Fsp3) is 0.214. The molecular weight excluding hydrogens is 264 g/mol. The van der Waals surface area contributed by atoms with E-state index in [-0.39, 0.29) is 17.2 Å². The third kappa shape index (κ3) is 3.59. The molecule has 5 heteroatoms. The van der Waals surface area contributed by atoms with Crippen LogP contribution >= 0.6 is 11.6 Å². The second-order valence-corrected chi connectivity index (χ2v) is 4.51. The first-order valence-corrected chi connectivity index (χ1v) is 6.38. The molecule has 3 N–H and O–H groups in total. The molecular formula is C14H15ClN2O2. The Bertz CT molecular complexity index is 539. The van der Waals surface area contributed by atoms with Crippen LogP contribution in [0, 0.1) is 0 Å². The molecule has 1 aromatic carbocycles. The van der Waals surface area contributed by atoms with E-state index in [2.05, 4.69) is 5.32 Å². The van der Waals surface area contributed by atoms with Crippen LogP contribution in [0.4, 0.5) is 0 Å². The van der Waals surface area contributed by atoms with Gasteiger partial charge in [0.05, 0.1) is 11.8 Å². The van der Waals surface area contributed by atoms with Crippen molar-refractivity contribution >= 4 is 17.5 Å². The second-order valence-electron chi connectivity index (χ2n) is 4.17. The topological polar surface area (TPSA) is 68.3 Å². The Labute approximate surface area is 116 Å². The molecule has 1 atom stereocenters. The molecule has 0 spiro atoms. The zero-order valence-corrected chi connectivity index (χ0v) is 11.1. The molecule has 4 nitrogen and oxygen atoms in total. The van der Waals surface area contributed by atoms with Crippen LogP contribution in [0.5, 0.6) is 0 Å². The summed E-state index contributed by atoms with van der Waals surface area (Å²) in [4.78, 5) is 11.7. The first kappa shape index (κ1) is 13.6. The Balaban J connectivity index is 1.81. The average Bonchev–Trinajstić information content (AvgIpc) is 2.86. The number of amides is 1. The van der Waals surface area contributed by atoms with Crippen molar-refractivity contribution in [2.45, 2.75) is 12.5 Å². The minimum absolute atomic E-state index is 0.0960. The monoisotopic (exact) mass is 278 g/mol. The third-order valence-electron chi connectivity index (χ3n) is 2.83. The van der Waals surface area contributed by atoms with Gasteiger partial charge in [-0.25, -0.2) is 0 Å². The van der Waals surface area contributed by atoms with Crippen molar-refractivity contribution in [2.75, 3.05) is 6.54 Å². The average molecular weight is 279 g/mol. The van der Waals surface area contributed by atoms with E-state index in [0.717, 1.165) is 5.56 Å². The number of nitrogens with one attached hydrogen (secondary N) is 1. The van der Waals surface area contributed by atoms with E-state index < -0.39 is 0 Å². The number of benzene rings is 1. The van der Waals surface area contributed by atoms with Gasteiger partial charge in [-0.3, -0.25) is 4.79 Å². The van der Waals surface area contributed by atoms with Crippen LogP contribution in [0.3, 0.4) is 0 Å². The number of rotatable bonds is 5. The number of furan rings is 1. The largest absolute Gasteiger partial charge is 0.452 e. The van der Waals surface area contributed by atoms with Gasteiger partial charge in [0, 0.05) is 12.6 Å². The van der Waals surface area contributed by atoms with Crippen molar-refractivity contribution < 1.29 is 9.21 Å². The summed E-state index contributed by atoms with van der Waals surface area (Å²) >= 11 is 5.72. The van der Waals surface area contributed by atoms with Crippen molar-refractivity contribution in [3.8, 4) is 0 Å². The summed E-state index contributed by atoms with van der Waals surface area (Å²) in [5, 5.41) is 2.86. The summed E-state index contributed by atoms with van der Waals surface area (Å²) in [5.74, 6) is -0.251. The van der Waals surface area contributed by atoms with Gasteiger partial charge in [0.1, 0.15) is 0 Å². The Morgan fingerprint density at radius 3 is 2.68 bits per heavy atom. The molecule has 1 heterocycles. The SMILES string of the molecule is NC(CCNC(=O)c1ccoc1Cl)c1ccccc1. The van der Waals surface area contributed by atoms with E-state index in [9.17, 15) is 4.79 Å². The van der Waals surface area contributed by atoms with Crippen LogP contribution in [0.25, 0.3) is 0 Å². The van der Waals surface area contributed by atoms with Gasteiger partial charge in [0.25, 0.3) is 5.91 Å². The van der Waals surface area contributed by atoms with Gasteiger partial charge in [-0.05, 0) is 29.7 Å². The van der Waals surface area contributed by atoms with Crippen LogP contribution in [0.15, 0.2) is 47.1 Å². The second kappa shape index (κ2) is 6.41. The molecule has 1 aromatic heterocycles. The highest BCUT2D eigenvalue weighted by molar-refractivity contribution is 6.32. The van der Waals surface area contributed by atoms with Gasteiger partial charge in [0.2, 0.25) is 5.22 Å². The first-order valence-electron chi connectivity index (χ1n) is 6.00. The van der Waals surface area contributed by atoms with Crippen molar-refractivity contribution in [3.05, 3.63) is 59.0 Å². The zero-order chi connectivity index (χ0) is 13.7. The Morgan fingerprint density at radius 1 is 1.32 bits per heavy atom. The van der Waals surface area contributed by atoms with Crippen molar-refractivity contribution in [1.29, 1.82) is 0 Å². The molecule has 0 bridgehead atoms. The normalized spacial score (nSPS) is 12.1. The number of halogens is 1. The van der Waals surface area contributed by atoms with E-state index in [1.54, 1.807) is 0 Å².